The number of pyridine rings is 1. The summed E-state index contributed by atoms with van der Waals surface area (Å²) < 4.78 is 6.28. The molecule has 2 unspecified atom stereocenters. The summed E-state index contributed by atoms with van der Waals surface area (Å²) in [4.78, 5) is 15.9. The molecule has 2 heterocycles. The van der Waals surface area contributed by atoms with Gasteiger partial charge in [0, 0.05) is 30.8 Å². The fourth-order valence-electron chi connectivity index (χ4n) is 2.25. The van der Waals surface area contributed by atoms with Crippen LogP contribution in [0.3, 0.4) is 0 Å². The number of carbonyl (C=O) groups is 1. The van der Waals surface area contributed by atoms with Crippen LogP contribution < -0.4 is 5.32 Å². The third kappa shape index (κ3) is 3.29. The maximum Gasteiger partial charge on any atom is 0.251 e. The number of ether oxygens (including phenoxy) is 1. The number of nitrogens with zero attached hydrogens (tertiary/aromatic N) is 1. The average Bonchev–Trinajstić information content (AvgIpc) is 2.83. The van der Waals surface area contributed by atoms with Crippen molar-refractivity contribution < 1.29 is 9.53 Å². The number of rotatable bonds is 4. The Hall–Kier alpha value is -0.940. The Morgan fingerprint density at radius 1 is 1.67 bits per heavy atom. The van der Waals surface area contributed by atoms with Gasteiger partial charge in [-0.3, -0.25) is 4.79 Å². The molecule has 0 radical (unpaired) electrons. The predicted octanol–water partition coefficient (Wildman–Crippen LogP) is 2.39. The molecule has 1 amide bonds. The van der Waals surface area contributed by atoms with Crippen molar-refractivity contribution in [3.63, 3.8) is 0 Å². The molecular formula is C13H17BrN2O2. The van der Waals surface area contributed by atoms with Crippen LogP contribution in [0, 0.1) is 5.92 Å². The molecule has 1 aliphatic heterocycles. The Labute approximate surface area is 115 Å². The van der Waals surface area contributed by atoms with E-state index in [0.717, 1.165) is 19.4 Å². The molecule has 1 aliphatic rings. The molecule has 2 atom stereocenters. The van der Waals surface area contributed by atoms with E-state index < -0.39 is 0 Å². The van der Waals surface area contributed by atoms with E-state index in [9.17, 15) is 4.79 Å². The van der Waals surface area contributed by atoms with E-state index in [2.05, 4.69) is 33.2 Å². The van der Waals surface area contributed by atoms with Gasteiger partial charge in [0.1, 0.15) is 4.60 Å². The molecule has 1 aromatic rings. The standard InChI is InChI=1S/C13H17BrN2O2/c1-2-11-10(4-6-18-11)8-16-13(17)9-3-5-15-12(14)7-9/h3,5,7,10-11H,2,4,6,8H2,1H3,(H,16,17). The minimum absolute atomic E-state index is 0.0557. The quantitative estimate of drug-likeness (QED) is 0.869. The van der Waals surface area contributed by atoms with Crippen molar-refractivity contribution in [2.24, 2.45) is 5.92 Å². The van der Waals surface area contributed by atoms with Crippen LogP contribution in [0.2, 0.25) is 0 Å². The summed E-state index contributed by atoms with van der Waals surface area (Å²) in [6.07, 6.45) is 3.93. The zero-order valence-electron chi connectivity index (χ0n) is 10.4. The Bertz CT molecular complexity index is 425. The van der Waals surface area contributed by atoms with Crippen LogP contribution in [0.25, 0.3) is 0 Å². The van der Waals surface area contributed by atoms with E-state index in [1.165, 1.54) is 0 Å². The third-order valence-electron chi connectivity index (χ3n) is 3.26. The third-order valence-corrected chi connectivity index (χ3v) is 3.70. The van der Waals surface area contributed by atoms with E-state index in [1.54, 1.807) is 18.3 Å². The lowest BCUT2D eigenvalue weighted by molar-refractivity contribution is 0.0827. The summed E-state index contributed by atoms with van der Waals surface area (Å²) in [7, 11) is 0. The molecule has 0 spiro atoms. The molecule has 1 aromatic heterocycles. The first-order valence-electron chi connectivity index (χ1n) is 6.22. The zero-order chi connectivity index (χ0) is 13.0. The topological polar surface area (TPSA) is 51.2 Å². The van der Waals surface area contributed by atoms with E-state index in [1.807, 2.05) is 0 Å². The summed E-state index contributed by atoms with van der Waals surface area (Å²) >= 11 is 3.26. The van der Waals surface area contributed by atoms with E-state index >= 15 is 0 Å². The molecule has 18 heavy (non-hydrogen) atoms. The van der Waals surface area contributed by atoms with Crippen LogP contribution in [0.4, 0.5) is 0 Å². The minimum atomic E-state index is -0.0557. The highest BCUT2D eigenvalue weighted by Crippen LogP contribution is 2.22. The van der Waals surface area contributed by atoms with Gasteiger partial charge in [-0.1, -0.05) is 6.92 Å². The van der Waals surface area contributed by atoms with Gasteiger partial charge in [0.25, 0.3) is 5.91 Å². The van der Waals surface area contributed by atoms with Crippen molar-refractivity contribution in [2.75, 3.05) is 13.2 Å². The second-order valence-corrected chi connectivity index (χ2v) is 5.26. The lowest BCUT2D eigenvalue weighted by Crippen LogP contribution is -2.32. The van der Waals surface area contributed by atoms with Crippen molar-refractivity contribution >= 4 is 21.8 Å². The Kier molecular flexibility index (Phi) is 4.72. The zero-order valence-corrected chi connectivity index (χ0v) is 11.9. The van der Waals surface area contributed by atoms with E-state index in [0.29, 0.717) is 22.6 Å². The van der Waals surface area contributed by atoms with Crippen LogP contribution in [0.1, 0.15) is 30.1 Å². The Balaban J connectivity index is 1.88. The molecule has 1 fully saturated rings. The molecule has 1 N–H and O–H groups in total. The van der Waals surface area contributed by atoms with Crippen LogP contribution in [-0.2, 0) is 4.74 Å². The normalized spacial score (nSPS) is 23.0. The van der Waals surface area contributed by atoms with Gasteiger partial charge in [0.05, 0.1) is 6.10 Å². The second-order valence-electron chi connectivity index (χ2n) is 4.44. The van der Waals surface area contributed by atoms with Crippen LogP contribution in [-0.4, -0.2) is 30.1 Å². The van der Waals surface area contributed by atoms with Gasteiger partial charge in [0.2, 0.25) is 0 Å². The minimum Gasteiger partial charge on any atom is -0.378 e. The van der Waals surface area contributed by atoms with E-state index in [-0.39, 0.29) is 12.0 Å². The van der Waals surface area contributed by atoms with Gasteiger partial charge >= 0.3 is 0 Å². The molecule has 98 valence electrons. The maximum absolute atomic E-state index is 11.9. The number of amides is 1. The molecule has 0 saturated carbocycles. The summed E-state index contributed by atoms with van der Waals surface area (Å²) in [5.74, 6) is 0.379. The fraction of sp³-hybridized carbons (Fsp3) is 0.538. The summed E-state index contributed by atoms with van der Waals surface area (Å²) in [6, 6.07) is 3.43. The largest absolute Gasteiger partial charge is 0.378 e. The van der Waals surface area contributed by atoms with Crippen LogP contribution in [0.15, 0.2) is 22.9 Å². The monoisotopic (exact) mass is 312 g/mol. The fourth-order valence-corrected chi connectivity index (χ4v) is 2.61. The van der Waals surface area contributed by atoms with Crippen molar-refractivity contribution in [2.45, 2.75) is 25.9 Å². The second kappa shape index (κ2) is 6.29. The van der Waals surface area contributed by atoms with E-state index in [4.69, 9.17) is 4.74 Å². The van der Waals surface area contributed by atoms with Gasteiger partial charge in [0.15, 0.2) is 0 Å². The number of halogens is 1. The average molecular weight is 313 g/mol. The molecule has 0 aliphatic carbocycles. The molecule has 2 rings (SSSR count). The lowest BCUT2D eigenvalue weighted by atomic mass is 9.99. The number of hydrogen-bond donors (Lipinski definition) is 1. The molecular weight excluding hydrogens is 296 g/mol. The maximum atomic E-state index is 11.9. The van der Waals surface area contributed by atoms with Crippen LogP contribution in [0.5, 0.6) is 0 Å². The van der Waals surface area contributed by atoms with Crippen molar-refractivity contribution in [1.29, 1.82) is 0 Å². The summed E-state index contributed by atoms with van der Waals surface area (Å²) in [5.41, 5.74) is 0.629. The first-order valence-corrected chi connectivity index (χ1v) is 7.01. The Morgan fingerprint density at radius 3 is 3.22 bits per heavy atom. The number of carbonyl (C=O) groups excluding carboxylic acids is 1. The number of hydrogen-bond acceptors (Lipinski definition) is 3. The van der Waals surface area contributed by atoms with Crippen molar-refractivity contribution in [3.8, 4) is 0 Å². The predicted molar refractivity (Wildman–Crippen MR) is 72.4 cm³/mol. The smallest absolute Gasteiger partial charge is 0.251 e. The first-order chi connectivity index (χ1) is 8.70. The molecule has 5 heteroatoms. The lowest BCUT2D eigenvalue weighted by Gasteiger charge is -2.17. The van der Waals surface area contributed by atoms with Gasteiger partial charge in [-0.05, 0) is 40.9 Å². The van der Waals surface area contributed by atoms with Gasteiger partial charge in [-0.25, -0.2) is 4.98 Å². The molecule has 4 nitrogen and oxygen atoms in total. The Morgan fingerprint density at radius 2 is 2.50 bits per heavy atom. The molecule has 0 aromatic carbocycles. The van der Waals surface area contributed by atoms with Gasteiger partial charge in [-0.15, -0.1) is 0 Å². The van der Waals surface area contributed by atoms with Gasteiger partial charge < -0.3 is 10.1 Å². The number of aromatic nitrogens is 1. The van der Waals surface area contributed by atoms with Crippen LogP contribution >= 0.6 is 15.9 Å². The number of nitrogens with one attached hydrogen (secondary N) is 1. The first kappa shape index (κ1) is 13.5. The molecule has 0 bridgehead atoms. The summed E-state index contributed by atoms with van der Waals surface area (Å²) in [5, 5.41) is 2.96. The SMILES string of the molecule is CCC1OCCC1CNC(=O)c1ccnc(Br)c1. The highest BCUT2D eigenvalue weighted by atomic mass is 79.9. The molecule has 1 saturated heterocycles. The van der Waals surface area contributed by atoms with Gasteiger partial charge in [-0.2, -0.15) is 0 Å². The highest BCUT2D eigenvalue weighted by molar-refractivity contribution is 9.10. The van der Waals surface area contributed by atoms with Crippen molar-refractivity contribution in [3.05, 3.63) is 28.5 Å². The van der Waals surface area contributed by atoms with Crippen molar-refractivity contribution in [1.82, 2.24) is 10.3 Å². The highest BCUT2D eigenvalue weighted by Gasteiger charge is 2.26. The summed E-state index contributed by atoms with van der Waals surface area (Å²) in [6.45, 7) is 3.60.